The van der Waals surface area contributed by atoms with Crippen LogP contribution in [0.2, 0.25) is 0 Å². The van der Waals surface area contributed by atoms with Gasteiger partial charge in [-0.2, -0.15) is 0 Å². The summed E-state index contributed by atoms with van der Waals surface area (Å²) in [6, 6.07) is -8.12. The van der Waals surface area contributed by atoms with Crippen LogP contribution >= 0.6 is 0 Å². The normalized spacial score (nSPS) is 24.1. The highest BCUT2D eigenvalue weighted by atomic mass is 16.5. The highest BCUT2D eigenvalue weighted by Crippen LogP contribution is 2.22. The molecule has 0 unspecified atom stereocenters. The smallest absolute Gasteiger partial charge is 0.328 e. The number of carbonyl (C=O) groups excluding carboxylic acids is 8. The number of hydrogen-bond acceptors (Lipinski definition) is 11. The van der Waals surface area contributed by atoms with E-state index in [0.717, 1.165) is 38.5 Å². The Morgan fingerprint density at radius 2 is 0.945 bits per heavy atom. The molecule has 19 nitrogen and oxygen atoms in total. The highest BCUT2D eigenvalue weighted by Gasteiger charge is 2.37. The molecule has 0 bridgehead atoms. The van der Waals surface area contributed by atoms with E-state index in [9.17, 15) is 58.2 Å². The number of cyclic esters (lactones) is 1. The van der Waals surface area contributed by atoms with Crippen LogP contribution in [0.4, 0.5) is 0 Å². The molecule has 8 N–H and O–H groups in total. The van der Waals surface area contributed by atoms with Crippen LogP contribution in [0.25, 0.3) is 0 Å². The molecule has 8 atom stereocenters. The Morgan fingerprint density at radius 3 is 1.44 bits per heavy atom. The summed E-state index contributed by atoms with van der Waals surface area (Å²) in [6.45, 7) is 22.2. The van der Waals surface area contributed by atoms with Gasteiger partial charge in [-0.3, -0.25) is 43.2 Å². The van der Waals surface area contributed by atoms with Gasteiger partial charge in [0.05, 0.1) is 18.9 Å². The molecule has 73 heavy (non-hydrogen) atoms. The van der Waals surface area contributed by atoms with Gasteiger partial charge in [-0.1, -0.05) is 128 Å². The third kappa shape index (κ3) is 28.2. The standard InChI is InChI=1S/C54H94N6O13/c1-31(2)20-18-16-14-13-15-17-19-21-38-29-45(62)55-39(22-23-46(63)64)50(68)57-41(25-33(5)6)51(69)58-42(26-34(7)8)52(70)60-48(36(11)12)53(71)56-40(30-47(65)66)44(61)28-37(24-32(3)4)49(67)59-43(27-35(9)10)54(72)73-38/h31-43,48H,13-30H2,1-12H3,(H,55,62)(H,56,71)(H,57,68)(H,58,69)(H,59,67)(H,60,70)(H,63,64)(H,65,66)/t37-,38+,39-,40-,41-,42+,43-,48-/m0/s1. The first-order valence-corrected chi connectivity index (χ1v) is 27.1. The summed E-state index contributed by atoms with van der Waals surface area (Å²) in [7, 11) is 0. The van der Waals surface area contributed by atoms with Crippen LogP contribution in [0.3, 0.4) is 0 Å². The van der Waals surface area contributed by atoms with E-state index in [1.165, 1.54) is 6.42 Å². The zero-order valence-corrected chi connectivity index (χ0v) is 46.2. The molecular weight excluding hydrogens is 941 g/mol. The first-order chi connectivity index (χ1) is 34.1. The van der Waals surface area contributed by atoms with Gasteiger partial charge in [0.1, 0.15) is 36.3 Å². The Hall–Kier alpha value is -5.10. The van der Waals surface area contributed by atoms with Gasteiger partial charge in [0.2, 0.25) is 35.4 Å². The number of amides is 6. The summed E-state index contributed by atoms with van der Waals surface area (Å²) in [4.78, 5) is 137. The number of Topliss-reactive ketones (excluding diaryl/α,β-unsaturated/α-hetero) is 1. The number of carboxylic acid groups (broad SMARTS) is 2. The second kappa shape index (κ2) is 34.4. The van der Waals surface area contributed by atoms with Crippen LogP contribution in [0.15, 0.2) is 0 Å². The molecule has 0 aromatic heterocycles. The van der Waals surface area contributed by atoms with Gasteiger partial charge in [0.15, 0.2) is 5.78 Å². The molecule has 0 spiro atoms. The molecule has 0 aliphatic carbocycles. The zero-order valence-electron chi connectivity index (χ0n) is 46.2. The Balaban J connectivity index is 3.95. The molecule has 1 aliphatic rings. The quantitative estimate of drug-likeness (QED) is 0.0399. The lowest BCUT2D eigenvalue weighted by molar-refractivity contribution is -0.156. The molecule has 1 heterocycles. The van der Waals surface area contributed by atoms with Crippen LogP contribution in [-0.4, -0.2) is 112 Å². The van der Waals surface area contributed by atoms with Gasteiger partial charge in [-0.15, -0.1) is 0 Å². The monoisotopic (exact) mass is 1030 g/mol. The van der Waals surface area contributed by atoms with Crippen molar-refractivity contribution in [3.63, 3.8) is 0 Å². The van der Waals surface area contributed by atoms with Gasteiger partial charge < -0.3 is 46.9 Å². The summed E-state index contributed by atoms with van der Waals surface area (Å²) in [5, 5.41) is 35.5. The Morgan fingerprint density at radius 1 is 0.479 bits per heavy atom. The van der Waals surface area contributed by atoms with Crippen molar-refractivity contribution < 1.29 is 62.9 Å². The van der Waals surface area contributed by atoms with E-state index in [1.54, 1.807) is 27.7 Å². The Bertz CT molecular complexity index is 1800. The second-order valence-electron chi connectivity index (χ2n) is 22.7. The summed E-state index contributed by atoms with van der Waals surface area (Å²) in [6.07, 6.45) is 4.84. The predicted molar refractivity (Wildman–Crippen MR) is 277 cm³/mol. The van der Waals surface area contributed by atoms with Crippen LogP contribution in [0, 0.1) is 41.4 Å². The number of unbranched alkanes of at least 4 members (excludes halogenated alkanes) is 6. The lowest BCUT2D eigenvalue weighted by atomic mass is 9.88. The van der Waals surface area contributed by atoms with E-state index < -0.39 is 139 Å². The SMILES string of the molecule is CC(C)CCCCCCCCC[C@@H]1CC(=O)N[C@@H](CCC(=O)O)C(=O)N[C@@H](CC(C)C)C(=O)N[C@H](CC(C)C)C(=O)N[C@@H](C(C)C)C(=O)N[C@@H](CC(=O)O)C(=O)C[C@H](CC(C)C)C(=O)N[C@@H](CC(C)C)C(=O)O1. The van der Waals surface area contributed by atoms with Crippen molar-refractivity contribution in [1.29, 1.82) is 0 Å². The van der Waals surface area contributed by atoms with E-state index in [0.29, 0.717) is 12.3 Å². The number of esters is 1. The summed E-state index contributed by atoms with van der Waals surface area (Å²) in [5.74, 6) is -10.6. The number of ketones is 1. The van der Waals surface area contributed by atoms with Crippen LogP contribution in [0.5, 0.6) is 0 Å². The Labute approximate surface area is 435 Å². The number of hydrogen-bond donors (Lipinski definition) is 8. The third-order valence-corrected chi connectivity index (χ3v) is 12.7. The minimum Gasteiger partial charge on any atom is -0.481 e. The number of carbonyl (C=O) groups is 10. The molecule has 1 rings (SSSR count). The molecule has 1 fully saturated rings. The minimum absolute atomic E-state index is 0.0747. The van der Waals surface area contributed by atoms with Gasteiger partial charge in [-0.05, 0) is 80.5 Å². The largest absolute Gasteiger partial charge is 0.481 e. The van der Waals surface area contributed by atoms with Crippen molar-refractivity contribution in [1.82, 2.24) is 31.9 Å². The topological polar surface area (TPSA) is 293 Å². The molecule has 1 aliphatic heterocycles. The first-order valence-electron chi connectivity index (χ1n) is 27.1. The molecule has 0 saturated carbocycles. The maximum absolute atomic E-state index is 14.2. The summed E-state index contributed by atoms with van der Waals surface area (Å²) in [5.41, 5.74) is 0. The first kappa shape index (κ1) is 65.9. The summed E-state index contributed by atoms with van der Waals surface area (Å²) >= 11 is 0. The van der Waals surface area contributed by atoms with E-state index in [4.69, 9.17) is 4.74 Å². The number of carboxylic acids is 2. The lowest BCUT2D eigenvalue weighted by Crippen LogP contribution is -2.60. The highest BCUT2D eigenvalue weighted by molar-refractivity contribution is 5.98. The van der Waals surface area contributed by atoms with Crippen molar-refractivity contribution in [2.24, 2.45) is 41.4 Å². The Kier molecular flexibility index (Phi) is 31.1. The van der Waals surface area contributed by atoms with Crippen molar-refractivity contribution in [2.45, 2.75) is 241 Å². The fourth-order valence-electron chi connectivity index (χ4n) is 8.89. The number of rotatable bonds is 24. The third-order valence-electron chi connectivity index (χ3n) is 12.7. The summed E-state index contributed by atoms with van der Waals surface area (Å²) < 4.78 is 6.06. The van der Waals surface area contributed by atoms with Crippen molar-refractivity contribution in [2.75, 3.05) is 0 Å². The molecular formula is C54H94N6O13. The maximum Gasteiger partial charge on any atom is 0.328 e. The molecule has 19 heteroatoms. The van der Waals surface area contributed by atoms with Crippen molar-refractivity contribution in [3.8, 4) is 0 Å². The number of nitrogens with one attached hydrogen (secondary N) is 6. The van der Waals surface area contributed by atoms with E-state index in [-0.39, 0.29) is 62.2 Å². The second-order valence-corrected chi connectivity index (χ2v) is 22.7. The maximum atomic E-state index is 14.2. The molecule has 0 aromatic rings. The van der Waals surface area contributed by atoms with E-state index in [2.05, 4.69) is 45.7 Å². The predicted octanol–water partition coefficient (Wildman–Crippen LogP) is 6.13. The van der Waals surface area contributed by atoms with Gasteiger partial charge in [0, 0.05) is 18.8 Å². The van der Waals surface area contributed by atoms with Crippen LogP contribution in [0.1, 0.15) is 199 Å². The van der Waals surface area contributed by atoms with Crippen molar-refractivity contribution >= 4 is 59.1 Å². The van der Waals surface area contributed by atoms with Gasteiger partial charge in [0.25, 0.3) is 0 Å². The number of aliphatic carboxylic acids is 2. The van der Waals surface area contributed by atoms with E-state index >= 15 is 0 Å². The molecule has 6 amide bonds. The lowest BCUT2D eigenvalue weighted by Gasteiger charge is -2.29. The fourth-order valence-corrected chi connectivity index (χ4v) is 8.89. The zero-order chi connectivity index (χ0) is 55.5. The molecule has 0 radical (unpaired) electrons. The molecule has 0 aromatic carbocycles. The van der Waals surface area contributed by atoms with E-state index in [1.807, 2.05) is 41.5 Å². The van der Waals surface area contributed by atoms with Crippen LogP contribution < -0.4 is 31.9 Å². The van der Waals surface area contributed by atoms with Gasteiger partial charge in [-0.25, -0.2) is 4.79 Å². The minimum atomic E-state index is -1.61. The molecule has 418 valence electrons. The van der Waals surface area contributed by atoms with Gasteiger partial charge >= 0.3 is 17.9 Å². The fraction of sp³-hybridized carbons (Fsp3) is 0.815. The molecule has 1 saturated heterocycles. The average Bonchev–Trinajstić information content (AvgIpc) is 3.26. The van der Waals surface area contributed by atoms with Crippen molar-refractivity contribution in [3.05, 3.63) is 0 Å². The number of ether oxygens (including phenoxy) is 1. The van der Waals surface area contributed by atoms with Crippen LogP contribution in [-0.2, 0) is 52.7 Å². The average molecular weight is 1040 g/mol.